The van der Waals surface area contributed by atoms with Gasteiger partial charge in [-0.25, -0.2) is 0 Å². The molecule has 0 aliphatic carbocycles. The van der Waals surface area contributed by atoms with Crippen LogP contribution in [0.3, 0.4) is 0 Å². The number of benzene rings is 1. The topological polar surface area (TPSA) is 69.6 Å². The zero-order valence-corrected chi connectivity index (χ0v) is 15.3. The van der Waals surface area contributed by atoms with Gasteiger partial charge in [-0.05, 0) is 42.1 Å². The summed E-state index contributed by atoms with van der Waals surface area (Å²) in [6, 6.07) is 11.1. The van der Waals surface area contributed by atoms with E-state index in [4.69, 9.17) is 0 Å². The number of amides is 2. The van der Waals surface area contributed by atoms with Crippen molar-refractivity contribution in [3.8, 4) is 0 Å². The second-order valence-corrected chi connectivity index (χ2v) is 7.58. The molecule has 2 heterocycles. The smallest absolute Gasteiger partial charge is 0.268 e. The van der Waals surface area contributed by atoms with Crippen molar-refractivity contribution in [3.05, 3.63) is 51.1 Å². The van der Waals surface area contributed by atoms with Gasteiger partial charge in [-0.3, -0.25) is 9.59 Å². The molecule has 3 rings (SSSR count). The molecule has 0 spiro atoms. The van der Waals surface area contributed by atoms with Crippen LogP contribution in [0.2, 0.25) is 0 Å². The second-order valence-electron chi connectivity index (χ2n) is 5.63. The molecule has 1 aromatic carbocycles. The van der Waals surface area contributed by atoms with Gasteiger partial charge < -0.3 is 15.3 Å². The van der Waals surface area contributed by atoms with E-state index in [1.165, 1.54) is 4.90 Å². The summed E-state index contributed by atoms with van der Waals surface area (Å²) >= 11 is 4.96. The molecule has 1 atom stereocenters. The third-order valence-corrected chi connectivity index (χ3v) is 5.51. The number of aliphatic hydroxyl groups is 1. The molecule has 2 aromatic rings. The number of carbonyl (C=O) groups excluding carboxylic acids is 2. The number of anilines is 1. The minimum Gasteiger partial charge on any atom is -0.372 e. The Kier molecular flexibility index (Phi) is 5.03. The Balaban J connectivity index is 1.63. The maximum atomic E-state index is 12.6. The first-order valence-corrected chi connectivity index (χ1v) is 9.28. The Hall–Kier alpha value is -1.70. The lowest BCUT2D eigenvalue weighted by molar-refractivity contribution is -0.149. The van der Waals surface area contributed by atoms with E-state index in [2.05, 4.69) is 21.2 Å². The van der Waals surface area contributed by atoms with Crippen molar-refractivity contribution in [2.75, 3.05) is 18.0 Å². The van der Waals surface area contributed by atoms with E-state index in [1.54, 1.807) is 23.5 Å². The number of halogens is 1. The highest BCUT2D eigenvalue weighted by Crippen LogP contribution is 2.29. The molecular formula is C17H17BrN2O3S. The van der Waals surface area contributed by atoms with Crippen LogP contribution in [0.25, 0.3) is 0 Å². The molecule has 5 nitrogen and oxygen atoms in total. The van der Waals surface area contributed by atoms with Crippen molar-refractivity contribution < 1.29 is 14.7 Å². The van der Waals surface area contributed by atoms with E-state index in [1.807, 2.05) is 29.6 Å². The average molecular weight is 409 g/mol. The van der Waals surface area contributed by atoms with Crippen molar-refractivity contribution in [1.29, 1.82) is 0 Å². The maximum absolute atomic E-state index is 12.6. The van der Waals surface area contributed by atoms with Gasteiger partial charge in [0.15, 0.2) is 0 Å². The molecule has 0 saturated carbocycles. The molecule has 1 aromatic heterocycles. The van der Waals surface area contributed by atoms with Gasteiger partial charge in [0, 0.05) is 34.5 Å². The first-order chi connectivity index (χ1) is 11.5. The summed E-state index contributed by atoms with van der Waals surface area (Å²) in [5.41, 5.74) is -1.31. The van der Waals surface area contributed by atoms with Crippen molar-refractivity contribution in [3.63, 3.8) is 0 Å². The van der Waals surface area contributed by atoms with Crippen LogP contribution in [0.15, 0.2) is 46.3 Å². The first kappa shape index (κ1) is 17.1. The Bertz CT molecular complexity index is 733. The molecule has 1 unspecified atom stereocenters. The van der Waals surface area contributed by atoms with E-state index >= 15 is 0 Å². The molecular weight excluding hydrogens is 392 g/mol. The number of carbonyl (C=O) groups is 2. The van der Waals surface area contributed by atoms with Crippen LogP contribution >= 0.6 is 27.3 Å². The first-order valence-electron chi connectivity index (χ1n) is 7.61. The van der Waals surface area contributed by atoms with Gasteiger partial charge in [-0.2, -0.15) is 0 Å². The van der Waals surface area contributed by atoms with Crippen LogP contribution in [0.5, 0.6) is 0 Å². The fourth-order valence-electron chi connectivity index (χ4n) is 2.68. The molecule has 0 bridgehead atoms. The number of rotatable bonds is 5. The summed E-state index contributed by atoms with van der Waals surface area (Å²) < 4.78 is 0.902. The van der Waals surface area contributed by atoms with E-state index < -0.39 is 17.4 Å². The second kappa shape index (κ2) is 7.04. The number of hydrogen-bond donors (Lipinski definition) is 2. The van der Waals surface area contributed by atoms with Gasteiger partial charge in [-0.15, -0.1) is 11.3 Å². The van der Waals surface area contributed by atoms with Crippen molar-refractivity contribution >= 4 is 44.8 Å². The summed E-state index contributed by atoms with van der Waals surface area (Å²) in [5, 5.41) is 15.2. The zero-order chi connectivity index (χ0) is 17.2. The third kappa shape index (κ3) is 3.38. The predicted octanol–water partition coefficient (Wildman–Crippen LogP) is 2.34. The average Bonchev–Trinajstić information content (AvgIpc) is 3.18. The molecule has 1 aliphatic heterocycles. The minimum atomic E-state index is -1.98. The highest BCUT2D eigenvalue weighted by molar-refractivity contribution is 9.10. The van der Waals surface area contributed by atoms with Gasteiger partial charge in [-0.1, -0.05) is 22.0 Å². The zero-order valence-electron chi connectivity index (χ0n) is 12.9. The summed E-state index contributed by atoms with van der Waals surface area (Å²) in [6.45, 7) is 0.711. The molecule has 7 heteroatoms. The van der Waals surface area contributed by atoms with Gasteiger partial charge in [0.25, 0.3) is 11.8 Å². The number of nitrogens with zero attached hydrogens (tertiary/aromatic N) is 1. The van der Waals surface area contributed by atoms with E-state index in [0.717, 1.165) is 9.35 Å². The fourth-order valence-corrected chi connectivity index (χ4v) is 3.66. The highest BCUT2D eigenvalue weighted by Gasteiger charge is 2.51. The molecule has 1 fully saturated rings. The van der Waals surface area contributed by atoms with Gasteiger partial charge >= 0.3 is 0 Å². The number of thiophene rings is 1. The largest absolute Gasteiger partial charge is 0.372 e. The molecule has 0 radical (unpaired) electrons. The maximum Gasteiger partial charge on any atom is 0.268 e. The van der Waals surface area contributed by atoms with Gasteiger partial charge in [0.1, 0.15) is 0 Å². The van der Waals surface area contributed by atoms with Gasteiger partial charge in [0.2, 0.25) is 5.60 Å². The molecule has 24 heavy (non-hydrogen) atoms. The van der Waals surface area contributed by atoms with Crippen LogP contribution < -0.4 is 10.2 Å². The van der Waals surface area contributed by atoms with E-state index in [-0.39, 0.29) is 6.42 Å². The Morgan fingerprint density at radius 1 is 1.33 bits per heavy atom. The van der Waals surface area contributed by atoms with Crippen molar-refractivity contribution in [2.45, 2.75) is 18.4 Å². The molecule has 2 amide bonds. The molecule has 126 valence electrons. The van der Waals surface area contributed by atoms with Crippen LogP contribution in [-0.4, -0.2) is 35.6 Å². The fraction of sp³-hybridized carbons (Fsp3) is 0.294. The van der Waals surface area contributed by atoms with Crippen LogP contribution in [0.1, 0.15) is 11.3 Å². The normalized spacial score (nSPS) is 20.4. The standard InChI is InChI=1S/C17H17BrN2O3S/c18-12-3-5-13(6-4-12)20-10-8-17(23,16(20)22)15(21)19-9-7-14-2-1-11-24-14/h1-6,11,23H,7-10H2,(H,19,21). The summed E-state index contributed by atoms with van der Waals surface area (Å²) in [6.07, 6.45) is 0.775. The lowest BCUT2D eigenvalue weighted by Crippen LogP contribution is -2.52. The molecule has 2 N–H and O–H groups in total. The van der Waals surface area contributed by atoms with E-state index in [0.29, 0.717) is 25.2 Å². The third-order valence-electron chi connectivity index (χ3n) is 4.05. The lowest BCUT2D eigenvalue weighted by Gasteiger charge is -2.21. The Morgan fingerprint density at radius 2 is 2.08 bits per heavy atom. The number of nitrogens with one attached hydrogen (secondary N) is 1. The molecule has 1 saturated heterocycles. The monoisotopic (exact) mass is 408 g/mol. The van der Waals surface area contributed by atoms with Gasteiger partial charge in [0.05, 0.1) is 0 Å². The minimum absolute atomic E-state index is 0.0900. The Morgan fingerprint density at radius 3 is 2.75 bits per heavy atom. The van der Waals surface area contributed by atoms with Crippen LogP contribution in [0.4, 0.5) is 5.69 Å². The summed E-state index contributed by atoms with van der Waals surface area (Å²) in [4.78, 5) is 27.5. The highest BCUT2D eigenvalue weighted by atomic mass is 79.9. The quantitative estimate of drug-likeness (QED) is 0.745. The number of hydrogen-bond acceptors (Lipinski definition) is 4. The summed E-state index contributed by atoms with van der Waals surface area (Å²) in [7, 11) is 0. The molecule has 1 aliphatic rings. The van der Waals surface area contributed by atoms with E-state index in [9.17, 15) is 14.7 Å². The summed E-state index contributed by atoms with van der Waals surface area (Å²) in [5.74, 6) is -1.19. The van der Waals surface area contributed by atoms with Crippen LogP contribution in [-0.2, 0) is 16.0 Å². The lowest BCUT2D eigenvalue weighted by atomic mass is 10.0. The Labute approximate surface area is 152 Å². The van der Waals surface area contributed by atoms with Crippen molar-refractivity contribution in [1.82, 2.24) is 5.32 Å². The SMILES string of the molecule is O=C(NCCc1cccs1)C1(O)CCN(c2ccc(Br)cc2)C1=O. The predicted molar refractivity (Wildman–Crippen MR) is 97.1 cm³/mol. The van der Waals surface area contributed by atoms with Crippen LogP contribution in [0, 0.1) is 0 Å². The van der Waals surface area contributed by atoms with Crippen molar-refractivity contribution in [2.24, 2.45) is 0 Å².